The molecule has 0 spiro atoms. The molecule has 0 bridgehead atoms. The van der Waals surface area contributed by atoms with Gasteiger partial charge in [-0.2, -0.15) is 0 Å². The van der Waals surface area contributed by atoms with Crippen LogP contribution in [0.2, 0.25) is 0 Å². The molecule has 2 atom stereocenters. The van der Waals surface area contributed by atoms with Crippen molar-refractivity contribution in [1.29, 1.82) is 0 Å². The van der Waals surface area contributed by atoms with Crippen molar-refractivity contribution in [2.75, 3.05) is 0 Å². The number of carbonyl (C=O) groups is 1. The van der Waals surface area contributed by atoms with E-state index in [2.05, 4.69) is 5.32 Å². The van der Waals surface area contributed by atoms with Crippen LogP contribution >= 0.6 is 0 Å². The quantitative estimate of drug-likeness (QED) is 0.773. The summed E-state index contributed by atoms with van der Waals surface area (Å²) in [5, 5.41) is 13.0. The summed E-state index contributed by atoms with van der Waals surface area (Å²) in [5.41, 5.74) is 0.0936. The molecule has 0 radical (unpaired) electrons. The number of hydrogen-bond donors (Lipinski definition) is 2. The van der Waals surface area contributed by atoms with E-state index in [1.54, 1.807) is 0 Å². The maximum absolute atomic E-state index is 11.2. The lowest BCUT2D eigenvalue weighted by molar-refractivity contribution is -0.123. The highest BCUT2D eigenvalue weighted by Crippen LogP contribution is 2.39. The van der Waals surface area contributed by atoms with E-state index in [4.69, 9.17) is 4.74 Å². The lowest BCUT2D eigenvalue weighted by Gasteiger charge is -2.42. The third-order valence-electron chi connectivity index (χ3n) is 3.01. The molecule has 0 fully saturated rings. The van der Waals surface area contributed by atoms with E-state index >= 15 is 0 Å². The number of ether oxygens (including phenoxy) is 1. The first kappa shape index (κ1) is 11.9. The first-order valence-corrected chi connectivity index (χ1v) is 5.65. The minimum atomic E-state index is -0.777. The van der Waals surface area contributed by atoms with Crippen molar-refractivity contribution >= 4 is 5.91 Å². The molecule has 4 nitrogen and oxygen atoms in total. The Labute approximate surface area is 101 Å². The molecular weight excluding hydrogens is 218 g/mol. The molecule has 1 aromatic rings. The predicted octanol–water partition coefficient (Wildman–Crippen LogP) is 1.40. The maximum atomic E-state index is 11.2. The van der Waals surface area contributed by atoms with Gasteiger partial charge in [0.15, 0.2) is 0 Å². The summed E-state index contributed by atoms with van der Waals surface area (Å²) in [4.78, 5) is 11.2. The van der Waals surface area contributed by atoms with Crippen LogP contribution < -0.4 is 10.1 Å². The van der Waals surface area contributed by atoms with E-state index in [1.807, 2.05) is 38.1 Å². The topological polar surface area (TPSA) is 58.6 Å². The van der Waals surface area contributed by atoms with Gasteiger partial charge >= 0.3 is 0 Å². The molecule has 4 heteroatoms. The molecule has 1 heterocycles. The van der Waals surface area contributed by atoms with Gasteiger partial charge in [-0.05, 0) is 19.9 Å². The van der Waals surface area contributed by atoms with Gasteiger partial charge in [0.25, 0.3) is 0 Å². The Morgan fingerprint density at radius 3 is 2.71 bits per heavy atom. The molecule has 1 aromatic carbocycles. The summed E-state index contributed by atoms with van der Waals surface area (Å²) in [6, 6.07) is 7.01. The van der Waals surface area contributed by atoms with Crippen LogP contribution in [0.4, 0.5) is 0 Å². The van der Waals surface area contributed by atoms with E-state index in [1.165, 1.54) is 6.92 Å². The monoisotopic (exact) mass is 235 g/mol. The van der Waals surface area contributed by atoms with Crippen LogP contribution in [0.25, 0.3) is 0 Å². The van der Waals surface area contributed by atoms with E-state index in [9.17, 15) is 9.90 Å². The zero-order valence-electron chi connectivity index (χ0n) is 10.2. The summed E-state index contributed by atoms with van der Waals surface area (Å²) in [6.07, 6.45) is -0.777. The van der Waals surface area contributed by atoms with Gasteiger partial charge in [0.1, 0.15) is 17.5 Å². The van der Waals surface area contributed by atoms with Crippen LogP contribution in [0, 0.1) is 0 Å². The molecule has 1 amide bonds. The lowest BCUT2D eigenvalue weighted by Crippen LogP contribution is -2.53. The van der Waals surface area contributed by atoms with Crippen molar-refractivity contribution in [3.63, 3.8) is 0 Å². The van der Waals surface area contributed by atoms with Crippen LogP contribution in [0.1, 0.15) is 32.4 Å². The standard InChI is InChI=1S/C13H17NO3/c1-8(15)14-11-9-6-4-5-7-10(9)17-13(2,3)12(11)16/h4-7,11-12,16H,1-3H3,(H,14,15)/t11?,12-/m0/s1. The highest BCUT2D eigenvalue weighted by molar-refractivity contribution is 5.73. The number of hydrogen-bond acceptors (Lipinski definition) is 3. The summed E-state index contributed by atoms with van der Waals surface area (Å²) < 4.78 is 5.74. The highest BCUT2D eigenvalue weighted by atomic mass is 16.5. The molecule has 0 saturated carbocycles. The Kier molecular flexibility index (Phi) is 2.83. The zero-order valence-corrected chi connectivity index (χ0v) is 10.2. The highest BCUT2D eigenvalue weighted by Gasteiger charge is 2.42. The molecule has 1 aliphatic rings. The Morgan fingerprint density at radius 1 is 1.41 bits per heavy atom. The van der Waals surface area contributed by atoms with Crippen molar-refractivity contribution in [3.05, 3.63) is 29.8 Å². The lowest BCUT2D eigenvalue weighted by atomic mass is 9.86. The maximum Gasteiger partial charge on any atom is 0.217 e. The fourth-order valence-corrected chi connectivity index (χ4v) is 2.12. The molecule has 1 unspecified atom stereocenters. The number of aliphatic hydroxyl groups excluding tert-OH is 1. The van der Waals surface area contributed by atoms with Crippen LogP contribution in [-0.2, 0) is 4.79 Å². The SMILES string of the molecule is CC(=O)NC1c2ccccc2OC(C)(C)[C@H]1O. The van der Waals surface area contributed by atoms with Crippen LogP contribution in [0.3, 0.4) is 0 Å². The average Bonchev–Trinajstić information content (AvgIpc) is 2.24. The number of aliphatic hydroxyl groups is 1. The van der Waals surface area contributed by atoms with E-state index in [0.717, 1.165) is 5.56 Å². The van der Waals surface area contributed by atoms with Gasteiger partial charge in [0, 0.05) is 12.5 Å². The minimum Gasteiger partial charge on any atom is -0.485 e. The number of rotatable bonds is 1. The first-order chi connectivity index (χ1) is 7.92. The van der Waals surface area contributed by atoms with Gasteiger partial charge < -0.3 is 15.2 Å². The van der Waals surface area contributed by atoms with Crippen LogP contribution in [0.5, 0.6) is 5.75 Å². The molecule has 0 aromatic heterocycles. The summed E-state index contributed by atoms with van der Waals surface area (Å²) >= 11 is 0. The zero-order chi connectivity index (χ0) is 12.6. The first-order valence-electron chi connectivity index (χ1n) is 5.65. The molecule has 2 N–H and O–H groups in total. The summed E-state index contributed by atoms with van der Waals surface area (Å²) in [6.45, 7) is 5.06. The van der Waals surface area contributed by atoms with Crippen molar-refractivity contribution in [3.8, 4) is 5.75 Å². The molecule has 92 valence electrons. The van der Waals surface area contributed by atoms with Gasteiger partial charge in [-0.15, -0.1) is 0 Å². The fourth-order valence-electron chi connectivity index (χ4n) is 2.12. The second kappa shape index (κ2) is 4.04. The summed E-state index contributed by atoms with van der Waals surface area (Å²) in [5.74, 6) is 0.545. The Morgan fingerprint density at radius 2 is 2.06 bits per heavy atom. The second-order valence-electron chi connectivity index (χ2n) is 4.87. The number of nitrogens with one attached hydrogen (secondary N) is 1. The Hall–Kier alpha value is -1.55. The molecule has 2 rings (SSSR count). The van der Waals surface area contributed by atoms with Crippen molar-refractivity contribution < 1.29 is 14.6 Å². The molecule has 17 heavy (non-hydrogen) atoms. The molecule has 1 aliphatic heterocycles. The van der Waals surface area contributed by atoms with Gasteiger partial charge in [-0.3, -0.25) is 4.79 Å². The second-order valence-corrected chi connectivity index (χ2v) is 4.87. The largest absolute Gasteiger partial charge is 0.485 e. The van der Waals surface area contributed by atoms with Crippen LogP contribution in [-0.4, -0.2) is 22.7 Å². The minimum absolute atomic E-state index is 0.165. The van der Waals surface area contributed by atoms with Crippen LogP contribution in [0.15, 0.2) is 24.3 Å². The number of para-hydroxylation sites is 1. The number of fused-ring (bicyclic) bond motifs is 1. The van der Waals surface area contributed by atoms with Gasteiger partial charge in [-0.25, -0.2) is 0 Å². The van der Waals surface area contributed by atoms with E-state index < -0.39 is 17.7 Å². The van der Waals surface area contributed by atoms with E-state index in [-0.39, 0.29) is 5.91 Å². The van der Waals surface area contributed by atoms with E-state index in [0.29, 0.717) is 5.75 Å². The Bertz CT molecular complexity index is 442. The molecule has 0 aliphatic carbocycles. The average molecular weight is 235 g/mol. The van der Waals surface area contributed by atoms with Gasteiger partial charge in [-0.1, -0.05) is 18.2 Å². The number of benzene rings is 1. The van der Waals surface area contributed by atoms with Gasteiger partial charge in [0.05, 0.1) is 6.04 Å². The van der Waals surface area contributed by atoms with Crippen molar-refractivity contribution in [2.24, 2.45) is 0 Å². The van der Waals surface area contributed by atoms with Crippen molar-refractivity contribution in [1.82, 2.24) is 5.32 Å². The Balaban J connectivity index is 2.44. The third-order valence-corrected chi connectivity index (χ3v) is 3.01. The smallest absolute Gasteiger partial charge is 0.217 e. The normalized spacial score (nSPS) is 25.6. The van der Waals surface area contributed by atoms with Crippen molar-refractivity contribution in [2.45, 2.75) is 38.5 Å². The molecule has 0 saturated heterocycles. The van der Waals surface area contributed by atoms with Gasteiger partial charge in [0.2, 0.25) is 5.91 Å². The predicted molar refractivity (Wildman–Crippen MR) is 63.7 cm³/mol. The fraction of sp³-hybridized carbons (Fsp3) is 0.462. The third kappa shape index (κ3) is 2.13. The number of carbonyl (C=O) groups excluding carboxylic acids is 1. The number of amides is 1. The summed E-state index contributed by atoms with van der Waals surface area (Å²) in [7, 11) is 0. The molecular formula is C13H17NO3.